The summed E-state index contributed by atoms with van der Waals surface area (Å²) in [5, 5.41) is 5.35. The third kappa shape index (κ3) is 3.16. The normalized spacial score (nSPS) is 10.6. The molecule has 0 saturated carbocycles. The first kappa shape index (κ1) is 15.8. The van der Waals surface area contributed by atoms with E-state index in [-0.39, 0.29) is 0 Å². The molecule has 2 aromatic carbocycles. The summed E-state index contributed by atoms with van der Waals surface area (Å²) in [6.07, 6.45) is 0. The predicted molar refractivity (Wildman–Crippen MR) is 90.2 cm³/mol. The molecule has 0 unspecified atom stereocenters. The number of carbonyl (C=O) groups is 2. The van der Waals surface area contributed by atoms with Crippen LogP contribution in [0.25, 0.3) is 11.1 Å². The highest BCUT2D eigenvalue weighted by molar-refractivity contribution is 6.43. The van der Waals surface area contributed by atoms with Crippen molar-refractivity contribution in [1.82, 2.24) is 4.57 Å². The summed E-state index contributed by atoms with van der Waals surface area (Å²) in [6, 6.07) is 11.1. The zero-order valence-corrected chi connectivity index (χ0v) is 13.3. The van der Waals surface area contributed by atoms with Gasteiger partial charge in [-0.3, -0.25) is 14.2 Å². The van der Waals surface area contributed by atoms with Gasteiger partial charge in [0.15, 0.2) is 5.58 Å². The molecule has 0 bridgehead atoms. The van der Waals surface area contributed by atoms with Gasteiger partial charge in [-0.2, -0.15) is 0 Å². The van der Waals surface area contributed by atoms with Crippen LogP contribution in [0.4, 0.5) is 11.4 Å². The standard InChI is InChI=1S/C16H12ClN3O4/c1-20-12-8-11(5-6-13(12)24-16(20)23)19-15(22)14(21)18-10-4-2-3-9(17)7-10/h2-8H,1H3,(H,18,21)(H,19,22). The molecule has 0 saturated heterocycles. The van der Waals surface area contributed by atoms with Gasteiger partial charge in [-0.25, -0.2) is 4.79 Å². The number of rotatable bonds is 2. The number of aromatic nitrogens is 1. The van der Waals surface area contributed by atoms with E-state index in [1.165, 1.54) is 16.7 Å². The maximum absolute atomic E-state index is 12.0. The molecule has 1 heterocycles. The predicted octanol–water partition coefficient (Wildman–Crippen LogP) is 2.36. The van der Waals surface area contributed by atoms with Gasteiger partial charge in [0.2, 0.25) is 0 Å². The van der Waals surface area contributed by atoms with Crippen LogP contribution in [0, 0.1) is 0 Å². The molecule has 1 aromatic heterocycles. The summed E-state index contributed by atoms with van der Waals surface area (Å²) < 4.78 is 6.30. The average Bonchev–Trinajstić information content (AvgIpc) is 2.82. The fourth-order valence-electron chi connectivity index (χ4n) is 2.15. The quantitative estimate of drug-likeness (QED) is 0.697. The highest BCUT2D eigenvalue weighted by Crippen LogP contribution is 2.18. The Hall–Kier alpha value is -3.06. The van der Waals surface area contributed by atoms with Gasteiger partial charge in [0, 0.05) is 23.4 Å². The van der Waals surface area contributed by atoms with E-state index in [1.807, 2.05) is 0 Å². The highest BCUT2D eigenvalue weighted by Gasteiger charge is 2.15. The Morgan fingerprint density at radius 3 is 2.38 bits per heavy atom. The van der Waals surface area contributed by atoms with Crippen LogP contribution in [0.2, 0.25) is 5.02 Å². The number of anilines is 2. The number of nitrogens with zero attached hydrogens (tertiary/aromatic N) is 1. The SMILES string of the molecule is Cn1c(=O)oc2ccc(NC(=O)C(=O)Nc3cccc(Cl)c3)cc21. The van der Waals surface area contributed by atoms with Gasteiger partial charge in [0.25, 0.3) is 0 Å². The molecule has 2 N–H and O–H groups in total. The van der Waals surface area contributed by atoms with Crippen LogP contribution in [-0.2, 0) is 16.6 Å². The number of fused-ring (bicyclic) bond motifs is 1. The maximum Gasteiger partial charge on any atom is 0.419 e. The minimum atomic E-state index is -0.845. The van der Waals surface area contributed by atoms with Crippen LogP contribution >= 0.6 is 11.6 Å². The summed E-state index contributed by atoms with van der Waals surface area (Å²) in [5.74, 6) is -2.19. The number of nitrogens with one attached hydrogen (secondary N) is 2. The van der Waals surface area contributed by atoms with Crippen molar-refractivity contribution in [1.29, 1.82) is 0 Å². The minimum Gasteiger partial charge on any atom is -0.408 e. The topological polar surface area (TPSA) is 93.3 Å². The van der Waals surface area contributed by atoms with Gasteiger partial charge in [-0.15, -0.1) is 0 Å². The van der Waals surface area contributed by atoms with E-state index in [0.29, 0.717) is 27.5 Å². The largest absolute Gasteiger partial charge is 0.419 e. The first-order chi connectivity index (χ1) is 11.4. The summed E-state index contributed by atoms with van der Waals surface area (Å²) in [4.78, 5) is 35.3. The Morgan fingerprint density at radius 1 is 1.04 bits per heavy atom. The second kappa shape index (κ2) is 6.21. The first-order valence-corrected chi connectivity index (χ1v) is 7.29. The number of benzene rings is 2. The van der Waals surface area contributed by atoms with Crippen molar-refractivity contribution in [3.63, 3.8) is 0 Å². The second-order valence-corrected chi connectivity index (χ2v) is 5.46. The van der Waals surface area contributed by atoms with Crippen molar-refractivity contribution in [3.8, 4) is 0 Å². The average molecular weight is 346 g/mol. The Balaban J connectivity index is 1.75. The van der Waals surface area contributed by atoms with Gasteiger partial charge in [0.1, 0.15) is 0 Å². The van der Waals surface area contributed by atoms with Gasteiger partial charge < -0.3 is 15.1 Å². The van der Waals surface area contributed by atoms with Crippen molar-refractivity contribution in [3.05, 3.63) is 58.0 Å². The highest BCUT2D eigenvalue weighted by atomic mass is 35.5. The molecule has 0 radical (unpaired) electrons. The number of aryl methyl sites for hydroxylation is 1. The van der Waals surface area contributed by atoms with Crippen molar-refractivity contribution in [2.45, 2.75) is 0 Å². The Labute approximate surface area is 140 Å². The van der Waals surface area contributed by atoms with E-state index >= 15 is 0 Å². The Morgan fingerprint density at radius 2 is 1.71 bits per heavy atom. The number of halogens is 1. The lowest BCUT2D eigenvalue weighted by Crippen LogP contribution is -2.29. The molecule has 0 aliphatic carbocycles. The fourth-order valence-corrected chi connectivity index (χ4v) is 2.34. The smallest absolute Gasteiger partial charge is 0.408 e. The number of carbonyl (C=O) groups excluding carboxylic acids is 2. The molecular weight excluding hydrogens is 334 g/mol. The van der Waals surface area contributed by atoms with Gasteiger partial charge >= 0.3 is 17.6 Å². The number of oxazole rings is 1. The number of hydrogen-bond donors (Lipinski definition) is 2. The lowest BCUT2D eigenvalue weighted by Gasteiger charge is -2.07. The third-order valence-corrected chi connectivity index (χ3v) is 3.57. The van der Waals surface area contributed by atoms with E-state index in [2.05, 4.69) is 10.6 Å². The van der Waals surface area contributed by atoms with E-state index in [0.717, 1.165) is 0 Å². The van der Waals surface area contributed by atoms with Crippen molar-refractivity contribution in [2.75, 3.05) is 10.6 Å². The van der Waals surface area contributed by atoms with E-state index in [4.69, 9.17) is 16.0 Å². The van der Waals surface area contributed by atoms with Gasteiger partial charge in [0.05, 0.1) is 5.52 Å². The molecule has 0 fully saturated rings. The first-order valence-electron chi connectivity index (χ1n) is 6.91. The molecule has 0 aliphatic rings. The zero-order chi connectivity index (χ0) is 17.3. The molecule has 8 heteroatoms. The lowest BCUT2D eigenvalue weighted by molar-refractivity contribution is -0.132. The van der Waals surface area contributed by atoms with Crippen LogP contribution in [0.1, 0.15) is 0 Å². The fraction of sp³-hybridized carbons (Fsp3) is 0.0625. The summed E-state index contributed by atoms with van der Waals surface area (Å²) in [6.45, 7) is 0. The summed E-state index contributed by atoms with van der Waals surface area (Å²) >= 11 is 5.82. The molecule has 0 aliphatic heterocycles. The Bertz CT molecular complexity index is 1010. The van der Waals surface area contributed by atoms with Crippen LogP contribution in [-0.4, -0.2) is 16.4 Å². The summed E-state index contributed by atoms with van der Waals surface area (Å²) in [7, 11) is 1.55. The Kier molecular flexibility index (Phi) is 4.09. The second-order valence-electron chi connectivity index (χ2n) is 5.03. The molecule has 3 rings (SSSR count). The molecule has 0 spiro atoms. The maximum atomic E-state index is 12.0. The van der Waals surface area contributed by atoms with Crippen LogP contribution in [0.15, 0.2) is 51.7 Å². The molecule has 7 nitrogen and oxygen atoms in total. The van der Waals surface area contributed by atoms with Crippen molar-refractivity contribution >= 4 is 45.9 Å². The van der Waals surface area contributed by atoms with E-state index in [9.17, 15) is 14.4 Å². The van der Waals surface area contributed by atoms with Crippen molar-refractivity contribution in [2.24, 2.45) is 7.05 Å². The van der Waals surface area contributed by atoms with Crippen LogP contribution in [0.3, 0.4) is 0 Å². The van der Waals surface area contributed by atoms with Gasteiger partial charge in [-0.05, 0) is 36.4 Å². The molecule has 24 heavy (non-hydrogen) atoms. The molecule has 2 amide bonds. The molecule has 122 valence electrons. The number of amides is 2. The minimum absolute atomic E-state index is 0.366. The molecular formula is C16H12ClN3O4. The molecule has 3 aromatic rings. The van der Waals surface area contributed by atoms with Crippen molar-refractivity contribution < 1.29 is 14.0 Å². The molecule has 0 atom stereocenters. The summed E-state index contributed by atoms with van der Waals surface area (Å²) in [5.41, 5.74) is 1.68. The van der Waals surface area contributed by atoms with E-state index in [1.54, 1.807) is 37.4 Å². The monoisotopic (exact) mass is 345 g/mol. The van der Waals surface area contributed by atoms with Crippen LogP contribution < -0.4 is 16.4 Å². The van der Waals surface area contributed by atoms with Crippen LogP contribution in [0.5, 0.6) is 0 Å². The third-order valence-electron chi connectivity index (χ3n) is 3.34. The zero-order valence-electron chi connectivity index (χ0n) is 12.5. The van der Waals surface area contributed by atoms with E-state index < -0.39 is 17.6 Å². The van der Waals surface area contributed by atoms with Gasteiger partial charge in [-0.1, -0.05) is 17.7 Å². The number of hydrogen-bond acceptors (Lipinski definition) is 4. The lowest BCUT2D eigenvalue weighted by atomic mass is 10.2.